The van der Waals surface area contributed by atoms with Gasteiger partial charge in [-0.1, -0.05) is 40.3 Å². The zero-order chi connectivity index (χ0) is 34.9. The number of carbonyl (C=O) groups excluding carboxylic acids is 7. The van der Waals surface area contributed by atoms with E-state index in [0.717, 1.165) is 0 Å². The van der Waals surface area contributed by atoms with Gasteiger partial charge in [0.25, 0.3) is 0 Å². The molecule has 0 saturated carbocycles. The molecular formula is C29H54N6O9. The number of nitrogens with one attached hydrogen (secondary N) is 4. The van der Waals surface area contributed by atoms with Crippen molar-refractivity contribution in [1.82, 2.24) is 16.0 Å². The summed E-state index contributed by atoms with van der Waals surface area (Å²) in [5, 5.41) is 14.7. The molecule has 0 fully saturated rings. The standard InChI is InChI=1S/C23H37N5O8.C2H5NO.2C2H6/c1-4-12-36-23(34)19(9-7-16(30)14-25)28-21(32)17(8-6-15(29)13-24)27-20(31)11-10-18(26-3)22(33)35-5-2;3-1-2-4;2*1-2/h4,14,17-19,25-26H,1,5-13,24H2,2-3H3,(H,27,31)(H,28,32);2H,1,3H2;2*1-2H3. The zero-order valence-corrected chi connectivity index (χ0v) is 27.1. The number of hydrogen-bond donors (Lipinski definition) is 6. The summed E-state index contributed by atoms with van der Waals surface area (Å²) in [5.74, 6) is -3.56. The second kappa shape index (κ2) is 33.7. The third kappa shape index (κ3) is 25.9. The van der Waals surface area contributed by atoms with Gasteiger partial charge >= 0.3 is 11.9 Å². The molecule has 0 aliphatic rings. The number of esters is 2. The summed E-state index contributed by atoms with van der Waals surface area (Å²) in [6.07, 6.45) is 2.03. The van der Waals surface area contributed by atoms with Gasteiger partial charge in [-0.05, 0) is 33.2 Å². The number of Topliss-reactive ketones (excluding diaryl/α,β-unsaturated/α-hetero) is 2. The van der Waals surface area contributed by atoms with Gasteiger partial charge in [-0.3, -0.25) is 24.0 Å². The Morgan fingerprint density at radius 3 is 1.82 bits per heavy atom. The van der Waals surface area contributed by atoms with Crippen LogP contribution in [0.4, 0.5) is 0 Å². The van der Waals surface area contributed by atoms with Crippen LogP contribution in [0.2, 0.25) is 0 Å². The Morgan fingerprint density at radius 2 is 1.36 bits per heavy atom. The predicted molar refractivity (Wildman–Crippen MR) is 168 cm³/mol. The van der Waals surface area contributed by atoms with Gasteiger partial charge in [0.2, 0.25) is 11.8 Å². The van der Waals surface area contributed by atoms with E-state index >= 15 is 0 Å². The molecule has 0 radical (unpaired) electrons. The van der Waals surface area contributed by atoms with Gasteiger partial charge in [0, 0.05) is 25.8 Å². The number of ether oxygens (including phenoxy) is 2. The molecule has 0 aromatic rings. The zero-order valence-electron chi connectivity index (χ0n) is 27.1. The van der Waals surface area contributed by atoms with Crippen LogP contribution in [0.25, 0.3) is 0 Å². The second-order valence-electron chi connectivity index (χ2n) is 8.07. The Bertz CT molecular complexity index is 868. The molecule has 254 valence electrons. The van der Waals surface area contributed by atoms with Gasteiger partial charge in [0.05, 0.1) is 19.4 Å². The summed E-state index contributed by atoms with van der Waals surface area (Å²) in [7, 11) is 1.54. The first-order chi connectivity index (χ1) is 21.0. The minimum Gasteiger partial charge on any atom is -0.465 e. The maximum atomic E-state index is 13.0. The highest BCUT2D eigenvalue weighted by atomic mass is 16.5. The lowest BCUT2D eigenvalue weighted by Crippen LogP contribution is -2.52. The fourth-order valence-electron chi connectivity index (χ4n) is 2.96. The number of rotatable bonds is 21. The van der Waals surface area contributed by atoms with Crippen LogP contribution in [0.15, 0.2) is 12.7 Å². The van der Waals surface area contributed by atoms with E-state index in [1.165, 1.54) is 6.08 Å². The Balaban J connectivity index is -0.000000900. The van der Waals surface area contributed by atoms with Crippen LogP contribution in [0.5, 0.6) is 0 Å². The van der Waals surface area contributed by atoms with Crippen molar-refractivity contribution >= 4 is 47.8 Å². The Morgan fingerprint density at radius 1 is 0.841 bits per heavy atom. The monoisotopic (exact) mass is 630 g/mol. The summed E-state index contributed by atoms with van der Waals surface area (Å²) < 4.78 is 9.90. The second-order valence-corrected chi connectivity index (χ2v) is 8.07. The summed E-state index contributed by atoms with van der Waals surface area (Å²) in [6, 6.07) is -3.16. The summed E-state index contributed by atoms with van der Waals surface area (Å²) in [6.45, 7) is 13.0. The molecule has 0 aromatic heterocycles. The summed E-state index contributed by atoms with van der Waals surface area (Å²) >= 11 is 0. The van der Waals surface area contributed by atoms with E-state index in [2.05, 4.69) is 28.3 Å². The first kappa shape index (κ1) is 47.1. The molecule has 0 aliphatic carbocycles. The van der Waals surface area contributed by atoms with Crippen LogP contribution in [0.1, 0.15) is 73.1 Å². The van der Waals surface area contributed by atoms with E-state index < -0.39 is 47.7 Å². The number of ketones is 2. The van der Waals surface area contributed by atoms with Crippen LogP contribution in [0.3, 0.4) is 0 Å². The molecule has 0 aliphatic heterocycles. The highest BCUT2D eigenvalue weighted by Crippen LogP contribution is 2.07. The normalized spacial score (nSPS) is 11.4. The Labute approximate surface area is 261 Å². The number of amides is 2. The fraction of sp³-hybridized carbons (Fsp3) is 0.655. The molecule has 8 N–H and O–H groups in total. The van der Waals surface area contributed by atoms with Gasteiger partial charge in [0.1, 0.15) is 36.8 Å². The molecule has 3 unspecified atom stereocenters. The summed E-state index contributed by atoms with van der Waals surface area (Å²) in [4.78, 5) is 82.0. The molecule has 15 heteroatoms. The molecule has 0 saturated heterocycles. The van der Waals surface area contributed by atoms with Gasteiger partial charge < -0.3 is 47.1 Å². The average molecular weight is 631 g/mol. The minimum absolute atomic E-state index is 0.0885. The lowest BCUT2D eigenvalue weighted by Gasteiger charge is -2.23. The van der Waals surface area contributed by atoms with E-state index in [-0.39, 0.29) is 70.6 Å². The van der Waals surface area contributed by atoms with Gasteiger partial charge in [0.15, 0.2) is 5.78 Å². The number of hydrogen-bond acceptors (Lipinski definition) is 13. The first-order valence-corrected chi connectivity index (χ1v) is 14.6. The van der Waals surface area contributed by atoms with E-state index in [1.807, 2.05) is 27.7 Å². The van der Waals surface area contributed by atoms with E-state index in [1.54, 1.807) is 14.0 Å². The van der Waals surface area contributed by atoms with E-state index in [4.69, 9.17) is 25.4 Å². The highest BCUT2D eigenvalue weighted by Gasteiger charge is 2.29. The topological polar surface area (TPSA) is 250 Å². The molecule has 15 nitrogen and oxygen atoms in total. The number of likely N-dealkylation sites (N-methyl/N-ethyl adjacent to an activating group) is 1. The molecule has 0 bridgehead atoms. The molecule has 0 rings (SSSR count). The predicted octanol–water partition coefficient (Wildman–Crippen LogP) is 0.120. The van der Waals surface area contributed by atoms with Gasteiger partial charge in [-0.15, -0.1) is 0 Å². The van der Waals surface area contributed by atoms with Crippen molar-refractivity contribution in [3.8, 4) is 0 Å². The SMILES string of the molecule is C=CCOC(=O)C(CCC(=O)C=N)NC(=O)C(CCC(=O)CN)NC(=O)CCC(NC)C(=O)OCC.CC.CC.NCC=O. The van der Waals surface area contributed by atoms with E-state index in [0.29, 0.717) is 12.5 Å². The lowest BCUT2D eigenvalue weighted by atomic mass is 10.0. The largest absolute Gasteiger partial charge is 0.465 e. The lowest BCUT2D eigenvalue weighted by molar-refractivity contribution is -0.147. The summed E-state index contributed by atoms with van der Waals surface area (Å²) in [5.41, 5.74) is 9.98. The molecule has 2 amide bonds. The molecule has 0 heterocycles. The van der Waals surface area contributed by atoms with Crippen LogP contribution < -0.4 is 27.4 Å². The Hall–Kier alpha value is -3.82. The molecular weight excluding hydrogens is 576 g/mol. The smallest absolute Gasteiger partial charge is 0.328 e. The van der Waals surface area contributed by atoms with Crippen molar-refractivity contribution < 1.29 is 43.0 Å². The highest BCUT2D eigenvalue weighted by molar-refractivity contribution is 6.26. The van der Waals surface area contributed by atoms with Crippen molar-refractivity contribution in [2.24, 2.45) is 11.5 Å². The van der Waals surface area contributed by atoms with Crippen LogP contribution in [0, 0.1) is 5.41 Å². The van der Waals surface area contributed by atoms with Crippen molar-refractivity contribution in [2.75, 3.05) is 33.4 Å². The molecule has 44 heavy (non-hydrogen) atoms. The van der Waals surface area contributed by atoms with Crippen molar-refractivity contribution in [2.45, 2.75) is 91.3 Å². The third-order valence-corrected chi connectivity index (χ3v) is 5.05. The number of nitrogens with two attached hydrogens (primary N) is 2. The molecule has 3 atom stereocenters. The Kier molecular flexibility index (Phi) is 36.1. The maximum Gasteiger partial charge on any atom is 0.328 e. The first-order valence-electron chi connectivity index (χ1n) is 14.6. The van der Waals surface area contributed by atoms with Gasteiger partial charge in [-0.2, -0.15) is 0 Å². The molecule has 0 spiro atoms. The van der Waals surface area contributed by atoms with Crippen LogP contribution in [-0.4, -0.2) is 99.3 Å². The van der Waals surface area contributed by atoms with Gasteiger partial charge in [-0.25, -0.2) is 4.79 Å². The van der Waals surface area contributed by atoms with Crippen molar-refractivity contribution in [3.63, 3.8) is 0 Å². The quantitative estimate of drug-likeness (QED) is 0.0428. The van der Waals surface area contributed by atoms with Crippen LogP contribution >= 0.6 is 0 Å². The maximum absolute atomic E-state index is 13.0. The number of carbonyl (C=O) groups is 7. The fourth-order valence-corrected chi connectivity index (χ4v) is 2.96. The van der Waals surface area contributed by atoms with Crippen LogP contribution in [-0.2, 0) is 43.0 Å². The molecule has 0 aromatic carbocycles. The minimum atomic E-state index is -1.23. The van der Waals surface area contributed by atoms with E-state index in [9.17, 15) is 28.8 Å². The van der Waals surface area contributed by atoms with Crippen molar-refractivity contribution in [3.05, 3.63) is 12.7 Å². The number of aldehydes is 1. The average Bonchev–Trinajstić information content (AvgIpc) is 3.05. The third-order valence-electron chi connectivity index (χ3n) is 5.05. The van der Waals surface area contributed by atoms with Crippen molar-refractivity contribution in [1.29, 1.82) is 5.41 Å².